The lowest BCUT2D eigenvalue weighted by Gasteiger charge is -1.96. The van der Waals surface area contributed by atoms with Gasteiger partial charge in [-0.2, -0.15) is 0 Å². The average molecular weight is 226 g/mol. The van der Waals surface area contributed by atoms with Crippen LogP contribution in [0.15, 0.2) is 47.2 Å². The minimum absolute atomic E-state index is 0.0715. The molecule has 4 heteroatoms. The van der Waals surface area contributed by atoms with Gasteiger partial charge in [0, 0.05) is 23.2 Å². The highest BCUT2D eigenvalue weighted by Crippen LogP contribution is 2.31. The van der Waals surface area contributed by atoms with Crippen molar-refractivity contribution < 1.29 is 9.21 Å². The van der Waals surface area contributed by atoms with Crippen LogP contribution in [0.4, 0.5) is 5.69 Å². The van der Waals surface area contributed by atoms with Crippen LogP contribution in [0.2, 0.25) is 0 Å². The van der Waals surface area contributed by atoms with Gasteiger partial charge in [-0.05, 0) is 6.07 Å². The van der Waals surface area contributed by atoms with Crippen molar-refractivity contribution in [2.75, 3.05) is 5.32 Å². The third-order valence-electron chi connectivity index (χ3n) is 2.67. The summed E-state index contributed by atoms with van der Waals surface area (Å²) in [5, 5.41) is 2.82. The van der Waals surface area contributed by atoms with Gasteiger partial charge in [0.25, 0.3) is 5.91 Å². The van der Waals surface area contributed by atoms with Crippen molar-refractivity contribution in [1.82, 2.24) is 4.98 Å². The number of hydrogen-bond acceptors (Lipinski definition) is 3. The maximum absolute atomic E-state index is 11.8. The molecule has 1 aliphatic heterocycles. The Morgan fingerprint density at radius 1 is 1.35 bits per heavy atom. The van der Waals surface area contributed by atoms with E-state index in [9.17, 15) is 4.79 Å². The van der Waals surface area contributed by atoms with Gasteiger partial charge in [0.1, 0.15) is 6.26 Å². The molecule has 0 unspecified atom stereocenters. The van der Waals surface area contributed by atoms with Crippen molar-refractivity contribution in [2.45, 2.75) is 6.42 Å². The van der Waals surface area contributed by atoms with Gasteiger partial charge in [0.15, 0.2) is 5.89 Å². The van der Waals surface area contributed by atoms with Crippen LogP contribution in [0, 0.1) is 0 Å². The number of fused-ring (bicyclic) bond motifs is 1. The normalized spacial score (nSPS) is 16.0. The van der Waals surface area contributed by atoms with E-state index >= 15 is 0 Å². The van der Waals surface area contributed by atoms with E-state index in [0.29, 0.717) is 17.9 Å². The molecule has 0 fully saturated rings. The Morgan fingerprint density at radius 2 is 2.24 bits per heavy atom. The number of nitrogens with one attached hydrogen (secondary N) is 1. The van der Waals surface area contributed by atoms with Crippen LogP contribution in [0.3, 0.4) is 0 Å². The van der Waals surface area contributed by atoms with E-state index in [2.05, 4.69) is 10.3 Å². The Bertz CT molecular complexity index is 585. The molecule has 2 aromatic rings. The summed E-state index contributed by atoms with van der Waals surface area (Å²) in [7, 11) is 0. The number of para-hydroxylation sites is 1. The third-order valence-corrected chi connectivity index (χ3v) is 2.67. The summed E-state index contributed by atoms with van der Waals surface area (Å²) in [6, 6.07) is 7.63. The Balaban J connectivity index is 1.93. The molecule has 0 spiro atoms. The highest BCUT2D eigenvalue weighted by molar-refractivity contribution is 6.31. The van der Waals surface area contributed by atoms with Crippen molar-refractivity contribution >= 4 is 17.2 Å². The number of anilines is 1. The second-order valence-electron chi connectivity index (χ2n) is 3.75. The highest BCUT2D eigenvalue weighted by Gasteiger charge is 2.22. The maximum Gasteiger partial charge on any atom is 0.256 e. The van der Waals surface area contributed by atoms with Gasteiger partial charge in [0.2, 0.25) is 0 Å². The highest BCUT2D eigenvalue weighted by atomic mass is 16.3. The predicted molar refractivity (Wildman–Crippen MR) is 63.3 cm³/mol. The molecule has 4 nitrogen and oxygen atoms in total. The van der Waals surface area contributed by atoms with Gasteiger partial charge in [0.05, 0.1) is 6.20 Å². The van der Waals surface area contributed by atoms with Gasteiger partial charge >= 0.3 is 0 Å². The second-order valence-corrected chi connectivity index (χ2v) is 3.75. The summed E-state index contributed by atoms with van der Waals surface area (Å²) in [5.41, 5.74) is 2.47. The first-order valence-corrected chi connectivity index (χ1v) is 5.34. The standard InChI is InChI=1S/C13H10N2O2/c16-13-10(5-6-12-14-7-8-17-12)9-3-1-2-4-11(9)15-13/h1-5,7-8H,6H2,(H,15,16). The summed E-state index contributed by atoms with van der Waals surface area (Å²) in [5.74, 6) is 0.535. The van der Waals surface area contributed by atoms with E-state index in [0.717, 1.165) is 11.3 Å². The number of hydrogen-bond donors (Lipinski definition) is 1. The molecule has 0 saturated carbocycles. The molecule has 0 bridgehead atoms. The van der Waals surface area contributed by atoms with E-state index in [1.54, 1.807) is 6.20 Å². The first-order chi connectivity index (χ1) is 8.34. The Morgan fingerprint density at radius 3 is 3.06 bits per heavy atom. The zero-order valence-electron chi connectivity index (χ0n) is 9.01. The van der Waals surface area contributed by atoms with Gasteiger partial charge in [-0.25, -0.2) is 4.98 Å². The average Bonchev–Trinajstić information content (AvgIpc) is 2.93. The number of allylic oxidation sites excluding steroid dienone is 1. The zero-order chi connectivity index (χ0) is 11.7. The second kappa shape index (κ2) is 3.90. The summed E-state index contributed by atoms with van der Waals surface area (Å²) in [4.78, 5) is 15.8. The van der Waals surface area contributed by atoms with Crippen molar-refractivity contribution in [1.29, 1.82) is 0 Å². The fourth-order valence-corrected chi connectivity index (χ4v) is 1.88. The number of carbonyl (C=O) groups excluding carboxylic acids is 1. The van der Waals surface area contributed by atoms with Crippen molar-refractivity contribution in [3.8, 4) is 0 Å². The number of amides is 1. The molecule has 1 aromatic heterocycles. The lowest BCUT2D eigenvalue weighted by Crippen LogP contribution is -2.03. The SMILES string of the molecule is O=C1Nc2ccccc2C1=CCc1ncco1. The molecular weight excluding hydrogens is 216 g/mol. The van der Waals surface area contributed by atoms with Crippen molar-refractivity contribution in [3.63, 3.8) is 0 Å². The fourth-order valence-electron chi connectivity index (χ4n) is 1.88. The van der Waals surface area contributed by atoms with Gasteiger partial charge in [-0.1, -0.05) is 24.3 Å². The molecule has 1 aliphatic rings. The quantitative estimate of drug-likeness (QED) is 0.799. The number of rotatable bonds is 2. The molecule has 0 radical (unpaired) electrons. The molecule has 0 aliphatic carbocycles. The first kappa shape index (κ1) is 9.84. The van der Waals surface area contributed by atoms with E-state index in [-0.39, 0.29) is 5.91 Å². The number of aromatic nitrogens is 1. The van der Waals surface area contributed by atoms with E-state index < -0.39 is 0 Å². The van der Waals surface area contributed by atoms with E-state index in [1.165, 1.54) is 6.26 Å². The molecule has 3 rings (SSSR count). The molecule has 2 heterocycles. The fraction of sp³-hybridized carbons (Fsp3) is 0.0769. The third kappa shape index (κ3) is 1.73. The Labute approximate surface area is 98.0 Å². The molecule has 1 aromatic carbocycles. The molecule has 0 atom stereocenters. The topological polar surface area (TPSA) is 55.1 Å². The molecule has 1 N–H and O–H groups in total. The molecular formula is C13H10N2O2. The van der Waals surface area contributed by atoms with Crippen LogP contribution in [0.1, 0.15) is 11.5 Å². The smallest absolute Gasteiger partial charge is 0.256 e. The number of benzene rings is 1. The maximum atomic E-state index is 11.8. The number of oxazole rings is 1. The molecule has 0 saturated heterocycles. The van der Waals surface area contributed by atoms with Crippen LogP contribution in [-0.2, 0) is 11.2 Å². The lowest BCUT2D eigenvalue weighted by atomic mass is 10.1. The van der Waals surface area contributed by atoms with Crippen LogP contribution >= 0.6 is 0 Å². The van der Waals surface area contributed by atoms with Crippen LogP contribution < -0.4 is 5.32 Å². The van der Waals surface area contributed by atoms with Crippen LogP contribution in [0.25, 0.3) is 5.57 Å². The van der Waals surface area contributed by atoms with E-state index in [1.807, 2.05) is 30.3 Å². The van der Waals surface area contributed by atoms with Crippen molar-refractivity contribution in [3.05, 3.63) is 54.3 Å². The molecule has 84 valence electrons. The summed E-state index contributed by atoms with van der Waals surface area (Å²) >= 11 is 0. The predicted octanol–water partition coefficient (Wildman–Crippen LogP) is 2.25. The number of carbonyl (C=O) groups is 1. The van der Waals surface area contributed by atoms with Gasteiger partial charge < -0.3 is 9.73 Å². The number of nitrogens with zero attached hydrogens (tertiary/aromatic N) is 1. The molecule has 17 heavy (non-hydrogen) atoms. The summed E-state index contributed by atoms with van der Waals surface area (Å²) in [6.45, 7) is 0. The van der Waals surface area contributed by atoms with Crippen LogP contribution in [0.5, 0.6) is 0 Å². The van der Waals surface area contributed by atoms with Crippen LogP contribution in [-0.4, -0.2) is 10.9 Å². The van der Waals surface area contributed by atoms with E-state index in [4.69, 9.17) is 4.42 Å². The first-order valence-electron chi connectivity index (χ1n) is 5.34. The monoisotopic (exact) mass is 226 g/mol. The zero-order valence-corrected chi connectivity index (χ0v) is 9.01. The lowest BCUT2D eigenvalue weighted by molar-refractivity contribution is -0.110. The Kier molecular flexibility index (Phi) is 2.26. The molecule has 1 amide bonds. The summed E-state index contributed by atoms with van der Waals surface area (Å²) < 4.78 is 5.13. The Hall–Kier alpha value is -2.36. The largest absolute Gasteiger partial charge is 0.449 e. The minimum atomic E-state index is -0.0715. The van der Waals surface area contributed by atoms with Crippen molar-refractivity contribution in [2.24, 2.45) is 0 Å². The minimum Gasteiger partial charge on any atom is -0.449 e. The summed E-state index contributed by atoms with van der Waals surface area (Å²) in [6.07, 6.45) is 5.48. The van der Waals surface area contributed by atoms with Gasteiger partial charge in [-0.3, -0.25) is 4.79 Å². The van der Waals surface area contributed by atoms with Gasteiger partial charge in [-0.15, -0.1) is 0 Å².